The maximum absolute atomic E-state index is 12.7. The first-order valence-corrected chi connectivity index (χ1v) is 23.2. The number of hydrogen-bond donors (Lipinski definition) is 10. The highest BCUT2D eigenvalue weighted by atomic mass is 32.2. The largest absolute Gasteiger partial charge is 0.481 e. The standard InChI is InChI=1S/C31H48N7O19P3S/c1-17(12-20(40)41)30(2,3)8-6-21(42)61-11-10-33-19(39)7-9-34-28(45)25(44)31(4,5)14-54-60(51,52)57-59(49,50)53-13-18-24(56-58(46,47)48)23(43)29(55-18)38-16-37-22-26(32)35-15-36-27(22)38/h6,8,12,15-16,18,23-25,29,43-44H,7,9-11,13-14H2,1-5H3,(H,33,39)(H,34,45)(H,40,41)(H,49,50)(H,51,52)(H2,32,35,36)(H2,46,47,48)/b8-6+,17-12-. The second-order valence-corrected chi connectivity index (χ2v) is 19.8. The van der Waals surface area contributed by atoms with Crippen LogP contribution in [0.1, 0.15) is 47.3 Å². The van der Waals surface area contributed by atoms with Crippen LogP contribution in [0.25, 0.3) is 11.2 Å². The van der Waals surface area contributed by atoms with E-state index in [-0.39, 0.29) is 47.4 Å². The normalized spacial score (nSPS) is 21.5. The monoisotopic (exact) mass is 947 g/mol. The topological polar surface area (TPSA) is 401 Å². The zero-order valence-electron chi connectivity index (χ0n) is 33.2. The van der Waals surface area contributed by atoms with Crippen LogP contribution < -0.4 is 16.4 Å². The molecule has 342 valence electrons. The number of aliphatic carboxylic acids is 1. The molecule has 3 rings (SSSR count). The number of nitrogens with one attached hydrogen (secondary N) is 2. The molecule has 0 spiro atoms. The van der Waals surface area contributed by atoms with E-state index in [1.807, 2.05) is 0 Å². The summed E-state index contributed by atoms with van der Waals surface area (Å²) in [7, 11) is -16.5. The Morgan fingerprint density at radius 2 is 1.69 bits per heavy atom. The second kappa shape index (κ2) is 21.3. The van der Waals surface area contributed by atoms with Crippen LogP contribution in [-0.2, 0) is 55.5 Å². The van der Waals surface area contributed by atoms with E-state index < -0.39 is 95.9 Å². The maximum Gasteiger partial charge on any atom is 0.481 e. The van der Waals surface area contributed by atoms with Gasteiger partial charge < -0.3 is 56.0 Å². The number of phosphoric acid groups is 3. The van der Waals surface area contributed by atoms with Gasteiger partial charge in [-0.1, -0.05) is 51.1 Å². The lowest BCUT2D eigenvalue weighted by atomic mass is 9.84. The summed E-state index contributed by atoms with van der Waals surface area (Å²) in [4.78, 5) is 98.9. The number of imidazole rings is 1. The van der Waals surface area contributed by atoms with Crippen molar-refractivity contribution in [1.82, 2.24) is 30.2 Å². The molecule has 7 unspecified atom stereocenters. The first-order valence-electron chi connectivity index (χ1n) is 17.7. The molecule has 61 heavy (non-hydrogen) atoms. The third-order valence-electron chi connectivity index (χ3n) is 8.74. The van der Waals surface area contributed by atoms with Crippen LogP contribution >= 0.6 is 35.2 Å². The zero-order valence-corrected chi connectivity index (χ0v) is 36.7. The summed E-state index contributed by atoms with van der Waals surface area (Å²) in [5.41, 5.74) is 4.06. The fourth-order valence-corrected chi connectivity index (χ4v) is 8.51. The number of fused-ring (bicyclic) bond motifs is 1. The Morgan fingerprint density at radius 3 is 2.33 bits per heavy atom. The number of ether oxygens (including phenoxy) is 1. The average Bonchev–Trinajstić information content (AvgIpc) is 3.70. The van der Waals surface area contributed by atoms with Crippen molar-refractivity contribution in [3.05, 3.63) is 36.5 Å². The molecule has 3 heterocycles. The molecule has 0 radical (unpaired) electrons. The molecule has 30 heteroatoms. The van der Waals surface area contributed by atoms with Crippen LogP contribution in [-0.4, -0.2) is 134 Å². The summed E-state index contributed by atoms with van der Waals surface area (Å²) < 4.78 is 62.2. The molecular weight excluding hydrogens is 899 g/mol. The second-order valence-electron chi connectivity index (χ2n) is 14.5. The van der Waals surface area contributed by atoms with E-state index in [4.69, 9.17) is 24.6 Å². The summed E-state index contributed by atoms with van der Waals surface area (Å²) in [6.07, 6.45) is -3.15. The van der Waals surface area contributed by atoms with Crippen LogP contribution in [0.5, 0.6) is 0 Å². The molecule has 0 bridgehead atoms. The van der Waals surface area contributed by atoms with Crippen LogP contribution in [0, 0.1) is 10.8 Å². The van der Waals surface area contributed by atoms with Gasteiger partial charge in [0.15, 0.2) is 17.7 Å². The smallest absolute Gasteiger partial charge is 0.478 e. The number of hydrogen-bond acceptors (Lipinski definition) is 19. The fraction of sp³-hybridized carbons (Fsp3) is 0.581. The molecule has 0 aliphatic carbocycles. The molecule has 2 aromatic rings. The molecule has 7 atom stereocenters. The van der Waals surface area contributed by atoms with Crippen molar-refractivity contribution in [2.75, 3.05) is 37.8 Å². The van der Waals surface area contributed by atoms with E-state index >= 15 is 0 Å². The minimum absolute atomic E-state index is 0.0194. The Kier molecular flexibility index (Phi) is 18.1. The van der Waals surface area contributed by atoms with E-state index in [1.54, 1.807) is 26.8 Å². The Hall–Kier alpha value is -3.49. The highest BCUT2D eigenvalue weighted by Crippen LogP contribution is 2.61. The number of nitrogens with two attached hydrogens (primary N) is 1. The van der Waals surface area contributed by atoms with Gasteiger partial charge in [0.2, 0.25) is 16.9 Å². The Balaban J connectivity index is 1.45. The van der Waals surface area contributed by atoms with Crippen molar-refractivity contribution in [3.8, 4) is 0 Å². The number of aliphatic hydroxyl groups is 2. The fourth-order valence-electron chi connectivity index (χ4n) is 5.11. The maximum atomic E-state index is 12.7. The van der Waals surface area contributed by atoms with Crippen molar-refractivity contribution in [3.63, 3.8) is 0 Å². The number of rotatable bonds is 23. The van der Waals surface area contributed by atoms with Gasteiger partial charge in [0.25, 0.3) is 0 Å². The van der Waals surface area contributed by atoms with Crippen molar-refractivity contribution in [1.29, 1.82) is 0 Å². The summed E-state index contributed by atoms with van der Waals surface area (Å²) in [5, 5.41) is 35.0. The SMILES string of the molecule is C/C(=C/C(=O)O)C(C)(C)/C=C/C(=O)SCCNC(=O)CCNC(=O)C(O)C(C)(C)COP(=O)(O)OP(=O)(O)OCC1OC(n2cnc3c(N)ncnc32)C(O)C1OP(=O)(O)O. The van der Waals surface area contributed by atoms with Crippen LogP contribution in [0.2, 0.25) is 0 Å². The highest BCUT2D eigenvalue weighted by Gasteiger charge is 2.50. The summed E-state index contributed by atoms with van der Waals surface area (Å²) in [6.45, 7) is 5.36. The molecule has 2 aromatic heterocycles. The quantitative estimate of drug-likeness (QED) is 0.0406. The number of aromatic nitrogens is 4. The third kappa shape index (κ3) is 16.0. The lowest BCUT2D eigenvalue weighted by molar-refractivity contribution is -0.137. The molecule has 1 saturated heterocycles. The van der Waals surface area contributed by atoms with Crippen molar-refractivity contribution in [2.45, 2.75) is 71.7 Å². The Morgan fingerprint density at radius 1 is 1.03 bits per heavy atom. The van der Waals surface area contributed by atoms with Gasteiger partial charge in [0, 0.05) is 42.2 Å². The van der Waals surface area contributed by atoms with Gasteiger partial charge in [-0.25, -0.2) is 33.4 Å². The van der Waals surface area contributed by atoms with Crippen molar-refractivity contribution in [2.24, 2.45) is 10.8 Å². The van der Waals surface area contributed by atoms with Crippen LogP contribution in [0.15, 0.2) is 36.5 Å². The number of amides is 2. The molecule has 1 aliphatic rings. The van der Waals surface area contributed by atoms with Crippen molar-refractivity contribution < 1.29 is 90.4 Å². The predicted octanol–water partition coefficient (Wildman–Crippen LogP) is 0.278. The Labute approximate surface area is 351 Å². The molecule has 1 fully saturated rings. The number of aliphatic hydroxyl groups excluding tert-OH is 2. The number of nitrogens with zero attached hydrogens (tertiary/aromatic N) is 4. The molecule has 1 aliphatic heterocycles. The number of allylic oxidation sites excluding steroid dienone is 2. The van der Waals surface area contributed by atoms with E-state index in [9.17, 15) is 62.7 Å². The lowest BCUT2D eigenvalue weighted by Crippen LogP contribution is -2.46. The molecule has 2 amide bonds. The van der Waals surface area contributed by atoms with E-state index in [0.717, 1.165) is 35.1 Å². The highest BCUT2D eigenvalue weighted by molar-refractivity contribution is 8.14. The third-order valence-corrected chi connectivity index (χ3v) is 12.7. The molecule has 11 N–H and O–H groups in total. The number of thioether (sulfide) groups is 1. The van der Waals surface area contributed by atoms with Crippen molar-refractivity contribution >= 4 is 75.1 Å². The van der Waals surface area contributed by atoms with E-state index in [1.165, 1.54) is 19.9 Å². The number of anilines is 1. The minimum atomic E-state index is -5.60. The predicted molar refractivity (Wildman–Crippen MR) is 211 cm³/mol. The first-order chi connectivity index (χ1) is 28.0. The zero-order chi connectivity index (χ0) is 46.1. The summed E-state index contributed by atoms with van der Waals surface area (Å²) >= 11 is 0.914. The van der Waals surface area contributed by atoms with Gasteiger partial charge in [0.05, 0.1) is 19.5 Å². The lowest BCUT2D eigenvalue weighted by Gasteiger charge is -2.30. The van der Waals surface area contributed by atoms with Crippen LogP contribution in [0.3, 0.4) is 0 Å². The van der Waals surface area contributed by atoms with Gasteiger partial charge in [-0.05, 0) is 13.0 Å². The number of carbonyl (C=O) groups is 4. The summed E-state index contributed by atoms with van der Waals surface area (Å²) in [6, 6.07) is 0. The molecule has 26 nitrogen and oxygen atoms in total. The van der Waals surface area contributed by atoms with E-state index in [2.05, 4.69) is 34.4 Å². The number of carboxylic acid groups (broad SMARTS) is 1. The van der Waals surface area contributed by atoms with Gasteiger partial charge >= 0.3 is 29.4 Å². The van der Waals surface area contributed by atoms with Gasteiger partial charge in [-0.2, -0.15) is 4.31 Å². The molecule has 0 aromatic carbocycles. The molecular formula is C31H48N7O19P3S. The van der Waals surface area contributed by atoms with E-state index in [0.29, 0.717) is 5.57 Å². The first kappa shape index (κ1) is 51.9. The number of nitrogen functional groups attached to an aromatic ring is 1. The number of carboxylic acids is 1. The van der Waals surface area contributed by atoms with Gasteiger partial charge in [-0.15, -0.1) is 0 Å². The van der Waals surface area contributed by atoms with Gasteiger partial charge in [-0.3, -0.25) is 32.5 Å². The number of phosphoric ester groups is 3. The Bertz CT molecular complexity index is 2130. The molecule has 0 saturated carbocycles. The van der Waals surface area contributed by atoms with Gasteiger partial charge in [0.1, 0.15) is 36.3 Å². The average molecular weight is 948 g/mol. The minimum Gasteiger partial charge on any atom is -0.478 e. The number of carbonyl (C=O) groups excluding carboxylic acids is 3. The van der Waals surface area contributed by atoms with Crippen LogP contribution in [0.4, 0.5) is 5.82 Å². The summed E-state index contributed by atoms with van der Waals surface area (Å²) in [5.74, 6) is -2.46.